The van der Waals surface area contributed by atoms with Crippen LogP contribution < -0.4 is 4.72 Å². The molecule has 1 aromatic rings. The fourth-order valence-electron chi connectivity index (χ4n) is 1.99. The first-order chi connectivity index (χ1) is 9.06. The normalized spacial score (nSPS) is 19.1. The first-order valence-electron chi connectivity index (χ1n) is 6.48. The monoisotopic (exact) mass is 280 g/mol. The molecule has 3 rings (SSSR count). The Bertz CT molecular complexity index is 604. The fourth-order valence-corrected chi connectivity index (χ4v) is 3.34. The lowest BCUT2D eigenvalue weighted by molar-refractivity contribution is 0.0651. The van der Waals surface area contributed by atoms with Gasteiger partial charge in [-0.15, -0.1) is 0 Å². The highest BCUT2D eigenvalue weighted by atomic mass is 32.2. The quantitative estimate of drug-likeness (QED) is 0.894. The number of benzene rings is 1. The number of amides is 1. The molecule has 1 saturated carbocycles. The van der Waals surface area contributed by atoms with Crippen molar-refractivity contribution in [2.75, 3.05) is 13.1 Å². The predicted octanol–water partition coefficient (Wildman–Crippen LogP) is 0.973. The molecule has 19 heavy (non-hydrogen) atoms. The summed E-state index contributed by atoms with van der Waals surface area (Å²) in [5, 5.41) is 0. The molecule has 1 aromatic carbocycles. The van der Waals surface area contributed by atoms with Gasteiger partial charge in [0.15, 0.2) is 0 Å². The maximum atomic E-state index is 12.1. The molecule has 1 saturated heterocycles. The summed E-state index contributed by atoms with van der Waals surface area (Å²) < 4.78 is 26.8. The number of hydrogen-bond acceptors (Lipinski definition) is 3. The van der Waals surface area contributed by atoms with Crippen molar-refractivity contribution >= 4 is 15.9 Å². The van der Waals surface area contributed by atoms with Crippen LogP contribution in [0.25, 0.3) is 0 Å². The third kappa shape index (κ3) is 2.64. The van der Waals surface area contributed by atoms with E-state index in [-0.39, 0.29) is 16.8 Å². The second-order valence-corrected chi connectivity index (χ2v) is 6.78. The van der Waals surface area contributed by atoms with Crippen LogP contribution in [0.15, 0.2) is 29.2 Å². The smallest absolute Gasteiger partial charge is 0.253 e. The Hall–Kier alpha value is -1.40. The van der Waals surface area contributed by atoms with Gasteiger partial charge in [0, 0.05) is 24.7 Å². The Morgan fingerprint density at radius 2 is 2.00 bits per heavy atom. The minimum absolute atomic E-state index is 0.0692. The molecule has 0 bridgehead atoms. The Balaban J connectivity index is 1.84. The summed E-state index contributed by atoms with van der Waals surface area (Å²) >= 11 is 0. The van der Waals surface area contributed by atoms with Crippen molar-refractivity contribution in [2.24, 2.45) is 0 Å². The minimum Gasteiger partial charge on any atom is -0.339 e. The molecule has 2 aliphatic rings. The van der Waals surface area contributed by atoms with Gasteiger partial charge in [-0.05, 0) is 37.5 Å². The molecule has 0 unspecified atom stereocenters. The largest absolute Gasteiger partial charge is 0.339 e. The third-order valence-corrected chi connectivity index (χ3v) is 4.95. The van der Waals surface area contributed by atoms with Crippen molar-refractivity contribution in [3.8, 4) is 0 Å². The summed E-state index contributed by atoms with van der Waals surface area (Å²) in [6.45, 7) is 1.52. The van der Waals surface area contributed by atoms with E-state index in [0.29, 0.717) is 5.56 Å². The topological polar surface area (TPSA) is 66.5 Å². The van der Waals surface area contributed by atoms with Gasteiger partial charge in [-0.1, -0.05) is 6.07 Å². The zero-order valence-corrected chi connectivity index (χ0v) is 11.3. The van der Waals surface area contributed by atoms with E-state index in [1.54, 1.807) is 17.0 Å². The summed E-state index contributed by atoms with van der Waals surface area (Å²) in [5.74, 6) is -0.0882. The summed E-state index contributed by atoms with van der Waals surface area (Å²) in [7, 11) is -3.49. The number of sulfonamides is 1. The van der Waals surface area contributed by atoms with E-state index < -0.39 is 10.0 Å². The van der Waals surface area contributed by atoms with Gasteiger partial charge >= 0.3 is 0 Å². The van der Waals surface area contributed by atoms with E-state index in [2.05, 4.69) is 4.72 Å². The molecular weight excluding hydrogens is 264 g/mol. The molecule has 1 aliphatic carbocycles. The number of rotatable bonds is 4. The highest BCUT2D eigenvalue weighted by molar-refractivity contribution is 7.89. The SMILES string of the molecule is O=C(c1cccc(S(=O)(=O)NC2CC2)c1)N1CCC1. The van der Waals surface area contributed by atoms with E-state index in [0.717, 1.165) is 32.4 Å². The van der Waals surface area contributed by atoms with E-state index in [1.165, 1.54) is 12.1 Å². The van der Waals surface area contributed by atoms with Gasteiger partial charge < -0.3 is 4.90 Å². The second kappa shape index (κ2) is 4.61. The Morgan fingerprint density at radius 1 is 1.26 bits per heavy atom. The van der Waals surface area contributed by atoms with Crippen molar-refractivity contribution in [3.63, 3.8) is 0 Å². The standard InChI is InChI=1S/C13H16N2O3S/c16-13(15-7-2-8-15)10-3-1-4-12(9-10)19(17,18)14-11-5-6-11/h1,3-4,9,11,14H,2,5-8H2. The molecule has 1 heterocycles. The summed E-state index contributed by atoms with van der Waals surface area (Å²) in [6.07, 6.45) is 2.81. The van der Waals surface area contributed by atoms with Crippen LogP contribution in [0.2, 0.25) is 0 Å². The summed E-state index contributed by atoms with van der Waals surface area (Å²) in [4.78, 5) is 13.9. The van der Waals surface area contributed by atoms with Crippen LogP contribution in [0, 0.1) is 0 Å². The molecule has 1 amide bonds. The van der Waals surface area contributed by atoms with Crippen molar-refractivity contribution in [1.29, 1.82) is 0 Å². The summed E-state index contributed by atoms with van der Waals surface area (Å²) in [5.41, 5.74) is 0.443. The minimum atomic E-state index is -3.49. The average molecular weight is 280 g/mol. The molecule has 102 valence electrons. The van der Waals surface area contributed by atoms with Crippen LogP contribution in [-0.4, -0.2) is 38.4 Å². The van der Waals surface area contributed by atoms with Crippen LogP contribution in [0.4, 0.5) is 0 Å². The predicted molar refractivity (Wildman–Crippen MR) is 70.3 cm³/mol. The zero-order valence-electron chi connectivity index (χ0n) is 10.5. The molecular formula is C13H16N2O3S. The molecule has 5 nitrogen and oxygen atoms in total. The maximum absolute atomic E-state index is 12.1. The van der Waals surface area contributed by atoms with Gasteiger partial charge in [-0.3, -0.25) is 4.79 Å². The van der Waals surface area contributed by atoms with Crippen LogP contribution in [0.5, 0.6) is 0 Å². The van der Waals surface area contributed by atoms with Gasteiger partial charge in [-0.2, -0.15) is 0 Å². The van der Waals surface area contributed by atoms with Gasteiger partial charge in [0.05, 0.1) is 4.90 Å². The first kappa shape index (κ1) is 12.6. The van der Waals surface area contributed by atoms with Crippen LogP contribution in [0.3, 0.4) is 0 Å². The van der Waals surface area contributed by atoms with Crippen molar-refractivity contribution in [3.05, 3.63) is 29.8 Å². The van der Waals surface area contributed by atoms with E-state index in [4.69, 9.17) is 0 Å². The van der Waals surface area contributed by atoms with Crippen molar-refractivity contribution < 1.29 is 13.2 Å². The first-order valence-corrected chi connectivity index (χ1v) is 7.96. The second-order valence-electron chi connectivity index (χ2n) is 5.07. The molecule has 0 aromatic heterocycles. The van der Waals surface area contributed by atoms with Gasteiger partial charge in [0.1, 0.15) is 0 Å². The number of nitrogens with one attached hydrogen (secondary N) is 1. The molecule has 2 fully saturated rings. The number of carbonyl (C=O) groups excluding carboxylic acids is 1. The number of hydrogen-bond donors (Lipinski definition) is 1. The van der Waals surface area contributed by atoms with Crippen LogP contribution in [-0.2, 0) is 10.0 Å². The summed E-state index contributed by atoms with van der Waals surface area (Å²) in [6, 6.07) is 6.34. The number of carbonyl (C=O) groups is 1. The Morgan fingerprint density at radius 3 is 2.58 bits per heavy atom. The highest BCUT2D eigenvalue weighted by Crippen LogP contribution is 2.23. The number of nitrogens with zero attached hydrogens (tertiary/aromatic N) is 1. The van der Waals surface area contributed by atoms with Gasteiger partial charge in [-0.25, -0.2) is 13.1 Å². The van der Waals surface area contributed by atoms with E-state index >= 15 is 0 Å². The lowest BCUT2D eigenvalue weighted by Gasteiger charge is -2.31. The Kier molecular flexibility index (Phi) is 3.06. The third-order valence-electron chi connectivity index (χ3n) is 3.43. The molecule has 0 radical (unpaired) electrons. The molecule has 1 N–H and O–H groups in total. The fraction of sp³-hybridized carbons (Fsp3) is 0.462. The number of likely N-dealkylation sites (tertiary alicyclic amines) is 1. The van der Waals surface area contributed by atoms with Crippen LogP contribution >= 0.6 is 0 Å². The van der Waals surface area contributed by atoms with E-state index in [9.17, 15) is 13.2 Å². The van der Waals surface area contributed by atoms with E-state index in [1.807, 2.05) is 0 Å². The van der Waals surface area contributed by atoms with Gasteiger partial charge in [0.25, 0.3) is 5.91 Å². The lowest BCUT2D eigenvalue weighted by Crippen LogP contribution is -2.42. The molecule has 0 spiro atoms. The molecule has 1 aliphatic heterocycles. The highest BCUT2D eigenvalue weighted by Gasteiger charge is 2.29. The van der Waals surface area contributed by atoms with Crippen LogP contribution in [0.1, 0.15) is 29.6 Å². The maximum Gasteiger partial charge on any atom is 0.253 e. The van der Waals surface area contributed by atoms with Crippen molar-refractivity contribution in [2.45, 2.75) is 30.2 Å². The molecule has 6 heteroatoms. The Labute approximate surface area is 112 Å². The molecule has 0 atom stereocenters. The van der Waals surface area contributed by atoms with Gasteiger partial charge in [0.2, 0.25) is 10.0 Å². The average Bonchev–Trinajstić information content (AvgIpc) is 3.10. The lowest BCUT2D eigenvalue weighted by atomic mass is 10.1. The zero-order chi connectivity index (χ0) is 13.5. The van der Waals surface area contributed by atoms with Crippen molar-refractivity contribution in [1.82, 2.24) is 9.62 Å².